The topological polar surface area (TPSA) is 109 Å². The summed E-state index contributed by atoms with van der Waals surface area (Å²) in [7, 11) is 0. The average molecular weight is 334 g/mol. The molecule has 0 spiro atoms. The summed E-state index contributed by atoms with van der Waals surface area (Å²) in [5, 5.41) is 39.9. The Morgan fingerprint density at radius 1 is 1.04 bits per heavy atom. The molecule has 9 unspecified atom stereocenters. The van der Waals surface area contributed by atoms with Crippen LogP contribution in [-0.4, -0.2) is 76.1 Å². The fourth-order valence-electron chi connectivity index (χ4n) is 3.21. The molecule has 7 heteroatoms. The lowest BCUT2D eigenvalue weighted by molar-refractivity contribution is -0.319. The molecular weight excluding hydrogens is 304 g/mol. The number of hydrogen-bond acceptors (Lipinski definition) is 7. The molecule has 0 radical (unpaired) electrons. The molecule has 7 nitrogen and oxygen atoms in total. The minimum atomic E-state index is -1.03. The summed E-state index contributed by atoms with van der Waals surface area (Å²) < 4.78 is 17.1. The van der Waals surface area contributed by atoms with Gasteiger partial charge in [0.05, 0.1) is 31.0 Å². The van der Waals surface area contributed by atoms with E-state index in [0.717, 1.165) is 0 Å². The number of ether oxygens (including phenoxy) is 3. The van der Waals surface area contributed by atoms with Crippen LogP contribution in [0.5, 0.6) is 0 Å². The third-order valence-corrected chi connectivity index (χ3v) is 4.99. The van der Waals surface area contributed by atoms with Crippen LogP contribution in [0.25, 0.3) is 0 Å². The van der Waals surface area contributed by atoms with Gasteiger partial charge in [0.1, 0.15) is 18.3 Å². The minimum Gasteiger partial charge on any atom is -0.394 e. The highest BCUT2D eigenvalue weighted by Crippen LogP contribution is 2.32. The van der Waals surface area contributed by atoms with Crippen molar-refractivity contribution in [1.82, 2.24) is 0 Å². The summed E-state index contributed by atoms with van der Waals surface area (Å²) >= 11 is 0. The first-order valence-electron chi connectivity index (χ1n) is 8.37. The zero-order valence-corrected chi connectivity index (χ0v) is 14.2. The predicted octanol–water partition coefficient (Wildman–Crippen LogP) is -0.359. The molecule has 2 aliphatic rings. The minimum absolute atomic E-state index is 0.0456. The molecule has 0 saturated carbocycles. The van der Waals surface area contributed by atoms with E-state index in [1.165, 1.54) is 0 Å². The Balaban J connectivity index is 2.06. The molecule has 2 fully saturated rings. The van der Waals surface area contributed by atoms with E-state index in [1.54, 1.807) is 13.8 Å². The first-order valence-corrected chi connectivity index (χ1v) is 8.37. The Labute approximate surface area is 137 Å². The molecule has 2 heterocycles. The van der Waals surface area contributed by atoms with Gasteiger partial charge in [-0.2, -0.15) is 0 Å². The standard InChI is InChI=1S/C16H30O7/c1-7(2)10-5-11(15(20)9(4)21-10)22-16-14(19)8(3)13(18)12(6-17)23-16/h7-20H,5-6H2,1-4H3. The van der Waals surface area contributed by atoms with Gasteiger partial charge in [-0.25, -0.2) is 0 Å². The van der Waals surface area contributed by atoms with Crippen molar-refractivity contribution in [2.24, 2.45) is 11.8 Å². The first kappa shape index (κ1) is 19.1. The Hall–Kier alpha value is -0.280. The Morgan fingerprint density at radius 2 is 1.70 bits per heavy atom. The molecule has 0 bridgehead atoms. The molecule has 136 valence electrons. The van der Waals surface area contributed by atoms with Crippen LogP contribution in [0.3, 0.4) is 0 Å². The zero-order valence-electron chi connectivity index (χ0n) is 14.2. The van der Waals surface area contributed by atoms with Gasteiger partial charge in [0.15, 0.2) is 6.29 Å². The fraction of sp³-hybridized carbons (Fsp3) is 1.00. The second kappa shape index (κ2) is 7.74. The largest absolute Gasteiger partial charge is 0.394 e. The first-order chi connectivity index (χ1) is 10.8. The van der Waals surface area contributed by atoms with E-state index in [4.69, 9.17) is 14.2 Å². The van der Waals surface area contributed by atoms with Gasteiger partial charge >= 0.3 is 0 Å². The van der Waals surface area contributed by atoms with Crippen LogP contribution >= 0.6 is 0 Å². The normalized spacial score (nSPS) is 48.7. The van der Waals surface area contributed by atoms with Crippen molar-refractivity contribution in [1.29, 1.82) is 0 Å². The molecule has 0 aromatic rings. The second-order valence-corrected chi connectivity index (χ2v) is 7.09. The van der Waals surface area contributed by atoms with E-state index in [1.807, 2.05) is 13.8 Å². The highest BCUT2D eigenvalue weighted by Gasteiger charge is 2.45. The Kier molecular flexibility index (Phi) is 6.41. The molecule has 0 aromatic heterocycles. The van der Waals surface area contributed by atoms with E-state index in [9.17, 15) is 20.4 Å². The van der Waals surface area contributed by atoms with Crippen molar-refractivity contribution in [2.75, 3.05) is 6.61 Å². The summed E-state index contributed by atoms with van der Waals surface area (Å²) in [6.45, 7) is 7.18. The molecule has 2 aliphatic heterocycles. The molecule has 2 rings (SSSR count). The number of rotatable bonds is 4. The van der Waals surface area contributed by atoms with E-state index in [-0.39, 0.29) is 24.7 Å². The maximum Gasteiger partial charge on any atom is 0.184 e. The van der Waals surface area contributed by atoms with E-state index in [0.29, 0.717) is 6.42 Å². The smallest absolute Gasteiger partial charge is 0.184 e. The Bertz CT molecular complexity index is 371. The fourth-order valence-corrected chi connectivity index (χ4v) is 3.21. The van der Waals surface area contributed by atoms with Crippen LogP contribution in [0.1, 0.15) is 34.1 Å². The van der Waals surface area contributed by atoms with Gasteiger partial charge in [-0.1, -0.05) is 20.8 Å². The quantitative estimate of drug-likeness (QED) is 0.556. The number of aliphatic hydroxyl groups is 4. The van der Waals surface area contributed by atoms with Crippen LogP contribution in [0.15, 0.2) is 0 Å². The van der Waals surface area contributed by atoms with Crippen molar-refractivity contribution in [3.05, 3.63) is 0 Å². The van der Waals surface area contributed by atoms with Gasteiger partial charge in [0.2, 0.25) is 0 Å². The molecule has 0 amide bonds. The lowest BCUT2D eigenvalue weighted by Crippen LogP contribution is -2.58. The van der Waals surface area contributed by atoms with Crippen LogP contribution in [0, 0.1) is 11.8 Å². The van der Waals surface area contributed by atoms with Gasteiger partial charge in [-0.3, -0.25) is 0 Å². The Morgan fingerprint density at radius 3 is 2.26 bits per heavy atom. The molecule has 0 aromatic carbocycles. The second-order valence-electron chi connectivity index (χ2n) is 7.09. The molecule has 4 N–H and O–H groups in total. The third kappa shape index (κ3) is 4.04. The van der Waals surface area contributed by atoms with Crippen molar-refractivity contribution in [3.63, 3.8) is 0 Å². The lowest BCUT2D eigenvalue weighted by atomic mass is 9.90. The number of hydrogen-bond donors (Lipinski definition) is 4. The maximum atomic E-state index is 10.3. The van der Waals surface area contributed by atoms with Crippen molar-refractivity contribution in [2.45, 2.75) is 83.1 Å². The lowest BCUT2D eigenvalue weighted by Gasteiger charge is -2.45. The third-order valence-electron chi connectivity index (χ3n) is 4.99. The summed E-state index contributed by atoms with van der Waals surface area (Å²) in [5.74, 6) is -0.222. The van der Waals surface area contributed by atoms with Gasteiger partial charge < -0.3 is 34.6 Å². The van der Waals surface area contributed by atoms with Gasteiger partial charge in [-0.15, -0.1) is 0 Å². The average Bonchev–Trinajstić information content (AvgIpc) is 2.51. The van der Waals surface area contributed by atoms with Crippen molar-refractivity contribution in [3.8, 4) is 0 Å². The number of aliphatic hydroxyl groups excluding tert-OH is 4. The van der Waals surface area contributed by atoms with Crippen LogP contribution in [-0.2, 0) is 14.2 Å². The van der Waals surface area contributed by atoms with E-state index < -0.39 is 42.7 Å². The highest BCUT2D eigenvalue weighted by molar-refractivity contribution is 4.90. The highest BCUT2D eigenvalue weighted by atomic mass is 16.7. The molecule has 0 aliphatic carbocycles. The van der Waals surface area contributed by atoms with Gasteiger partial charge in [0, 0.05) is 12.3 Å². The van der Waals surface area contributed by atoms with Crippen molar-refractivity contribution < 1.29 is 34.6 Å². The summed E-state index contributed by atoms with van der Waals surface area (Å²) in [4.78, 5) is 0. The summed E-state index contributed by atoms with van der Waals surface area (Å²) in [5.41, 5.74) is 0. The molecular formula is C16H30O7. The van der Waals surface area contributed by atoms with E-state index in [2.05, 4.69) is 0 Å². The maximum absolute atomic E-state index is 10.3. The molecule has 23 heavy (non-hydrogen) atoms. The van der Waals surface area contributed by atoms with Crippen molar-refractivity contribution >= 4 is 0 Å². The SMILES string of the molecule is CC(C)C1CC(OC2OC(CO)C(O)C(C)C2O)C(O)C(C)O1. The predicted molar refractivity (Wildman–Crippen MR) is 81.6 cm³/mol. The van der Waals surface area contributed by atoms with Crippen LogP contribution < -0.4 is 0 Å². The summed E-state index contributed by atoms with van der Waals surface area (Å²) in [6, 6.07) is 0. The monoisotopic (exact) mass is 334 g/mol. The summed E-state index contributed by atoms with van der Waals surface area (Å²) in [6.07, 6.45) is -5.09. The van der Waals surface area contributed by atoms with Crippen LogP contribution in [0.4, 0.5) is 0 Å². The zero-order chi connectivity index (χ0) is 17.3. The van der Waals surface area contributed by atoms with Gasteiger partial charge in [0.25, 0.3) is 0 Å². The molecule has 2 saturated heterocycles. The van der Waals surface area contributed by atoms with Crippen LogP contribution in [0.2, 0.25) is 0 Å². The molecule has 9 atom stereocenters. The van der Waals surface area contributed by atoms with Gasteiger partial charge in [-0.05, 0) is 12.8 Å². The van der Waals surface area contributed by atoms with E-state index >= 15 is 0 Å².